The first-order valence-electron chi connectivity index (χ1n) is 16.2. The van der Waals surface area contributed by atoms with Crippen LogP contribution in [0.5, 0.6) is 11.8 Å². The summed E-state index contributed by atoms with van der Waals surface area (Å²) in [4.78, 5) is 74.5. The quantitative estimate of drug-likeness (QED) is 0.0603. The van der Waals surface area contributed by atoms with Gasteiger partial charge in [0.1, 0.15) is 29.5 Å². The molecule has 5 rings (SSSR count). The normalized spacial score (nSPS) is 16.7. The molecule has 1 aromatic carbocycles. The number of carbonyl (C=O) groups is 5. The number of ketones is 1. The molecule has 276 valence electrons. The molecule has 4 atom stereocenters. The van der Waals surface area contributed by atoms with Crippen molar-refractivity contribution >= 4 is 79.3 Å². The van der Waals surface area contributed by atoms with Crippen LogP contribution in [0, 0.1) is 5.92 Å². The van der Waals surface area contributed by atoms with Crippen LogP contribution in [0.2, 0.25) is 0 Å². The van der Waals surface area contributed by atoms with Crippen LogP contribution in [0.1, 0.15) is 48.3 Å². The Bertz CT molecular complexity index is 2010. The highest BCUT2D eigenvalue weighted by Gasteiger charge is 2.30. The molecule has 0 saturated carbocycles. The van der Waals surface area contributed by atoms with Gasteiger partial charge >= 0.3 is 11.9 Å². The van der Waals surface area contributed by atoms with E-state index in [1.807, 2.05) is 13.0 Å². The molecule has 17 nitrogen and oxygen atoms in total. The Balaban J connectivity index is 1.38. The second-order valence-corrected chi connectivity index (χ2v) is 13.9. The van der Waals surface area contributed by atoms with Gasteiger partial charge in [0.05, 0.1) is 35.3 Å². The van der Waals surface area contributed by atoms with Gasteiger partial charge in [-0.05, 0) is 38.5 Å². The summed E-state index contributed by atoms with van der Waals surface area (Å²) < 4.78 is 12.6. The third-order valence-electron chi connectivity index (χ3n) is 8.02. The van der Waals surface area contributed by atoms with E-state index in [4.69, 9.17) is 25.4 Å². The first kappa shape index (κ1) is 38.3. The summed E-state index contributed by atoms with van der Waals surface area (Å²) in [5.74, 6) is -4.56. The van der Waals surface area contributed by atoms with Gasteiger partial charge < -0.3 is 46.5 Å². The molecule has 0 bridgehead atoms. The molecule has 1 aliphatic heterocycles. The Morgan fingerprint density at radius 1 is 1.13 bits per heavy atom. The maximum absolute atomic E-state index is 12.9. The number of fused-ring (bicyclic) bond motifs is 5. The maximum Gasteiger partial charge on any atom is 0.322 e. The average molecular weight is 756 g/mol. The van der Waals surface area contributed by atoms with E-state index < -0.39 is 54.4 Å². The van der Waals surface area contributed by atoms with E-state index in [1.54, 1.807) is 25.1 Å². The maximum atomic E-state index is 12.9. The predicted molar refractivity (Wildman–Crippen MR) is 190 cm³/mol. The number of nitrogens with zero attached hydrogens (tertiary/aromatic N) is 3. The number of pyridine rings is 1. The number of ether oxygens (including phenoxy) is 2. The lowest BCUT2D eigenvalue weighted by Gasteiger charge is -2.18. The van der Waals surface area contributed by atoms with Crippen LogP contribution < -0.4 is 26.4 Å². The van der Waals surface area contributed by atoms with Crippen molar-refractivity contribution in [3.05, 3.63) is 40.9 Å². The highest BCUT2D eigenvalue weighted by atomic mass is 32.2. The lowest BCUT2D eigenvalue weighted by atomic mass is 9.99. The predicted octanol–water partition coefficient (Wildman–Crippen LogP) is 2.49. The zero-order valence-electron chi connectivity index (χ0n) is 28.1. The number of aliphatic carboxylic acids is 2. The molecule has 0 unspecified atom stereocenters. The van der Waals surface area contributed by atoms with Gasteiger partial charge in [-0.3, -0.25) is 24.0 Å². The number of benzene rings is 1. The van der Waals surface area contributed by atoms with E-state index in [1.165, 1.54) is 17.5 Å². The van der Waals surface area contributed by atoms with Crippen molar-refractivity contribution < 1.29 is 48.8 Å². The van der Waals surface area contributed by atoms with Crippen molar-refractivity contribution in [1.29, 1.82) is 0 Å². The van der Waals surface area contributed by atoms with Crippen LogP contribution in [0.25, 0.3) is 21.0 Å². The number of carboxylic acids is 2. The van der Waals surface area contributed by atoms with Crippen LogP contribution >= 0.6 is 23.1 Å². The van der Waals surface area contributed by atoms with Crippen molar-refractivity contribution in [3.8, 4) is 11.8 Å². The molecule has 0 fully saturated rings. The number of hydrogen-bond acceptors (Lipinski definition) is 15. The number of nitrogens with two attached hydrogens (primary N) is 1. The van der Waals surface area contributed by atoms with Crippen LogP contribution in [0.3, 0.4) is 0 Å². The number of carbonyl (C=O) groups excluding carboxylic acids is 3. The lowest BCUT2D eigenvalue weighted by Crippen LogP contribution is -2.41. The number of carboxylic acid groups (broad SMARTS) is 2. The fraction of sp³-hybridized carbons (Fsp3) is 0.394. The van der Waals surface area contributed by atoms with Crippen molar-refractivity contribution in [3.63, 3.8) is 0 Å². The summed E-state index contributed by atoms with van der Waals surface area (Å²) >= 11 is 2.34. The second-order valence-electron chi connectivity index (χ2n) is 11.9. The van der Waals surface area contributed by atoms with Crippen LogP contribution in [0.4, 0.5) is 5.69 Å². The Kier molecular flexibility index (Phi) is 12.5. The number of aromatic nitrogens is 3. The molecule has 52 heavy (non-hydrogen) atoms. The largest absolute Gasteiger partial charge is 0.480 e. The first-order valence-corrected chi connectivity index (χ1v) is 18.0. The summed E-state index contributed by atoms with van der Waals surface area (Å²) in [5, 5.41) is 38.4. The van der Waals surface area contributed by atoms with Crippen molar-refractivity contribution in [2.75, 3.05) is 24.2 Å². The van der Waals surface area contributed by atoms with Gasteiger partial charge in [-0.1, -0.05) is 11.8 Å². The number of amides is 2. The highest BCUT2D eigenvalue weighted by Crippen LogP contribution is 2.42. The Morgan fingerprint density at radius 2 is 1.92 bits per heavy atom. The smallest absolute Gasteiger partial charge is 0.322 e. The van der Waals surface area contributed by atoms with Gasteiger partial charge in [-0.15, -0.1) is 11.3 Å². The molecular formula is C33H37N7O10S2. The molecule has 19 heteroatoms. The van der Waals surface area contributed by atoms with E-state index >= 15 is 0 Å². The summed E-state index contributed by atoms with van der Waals surface area (Å²) in [6.45, 7) is 3.41. The average Bonchev–Trinajstić information content (AvgIpc) is 3.44. The molecule has 3 aromatic heterocycles. The van der Waals surface area contributed by atoms with Crippen molar-refractivity contribution in [2.45, 2.75) is 63.2 Å². The number of nitrogens with one attached hydrogen (secondary N) is 3. The standard InChI is InChI=1S/C33H37N7O10S2/c1-3-49-13-17-11-36-33(51-14-16(29(45)35-12-24(42)43)10-18(41)4-6-20(34)32(47)48)40-31(17)50-23-9-5-19-21(38-23)7-8-22-25(19)26-27(52-22)30(46)37-15(2)28(44)39-26/h5,7-9,11,15-16,20,28,39,44H,3-4,6,10,12-14,34H2,1-2H3,(H,35,45)(H,37,46)(H,42,43)(H,47,48)/t15-,16+,20+,28-/m1/s1. The van der Waals surface area contributed by atoms with E-state index in [0.717, 1.165) is 27.2 Å². The van der Waals surface area contributed by atoms with E-state index in [-0.39, 0.29) is 54.4 Å². The molecule has 4 heterocycles. The topological polar surface area (TPSA) is 265 Å². The zero-order valence-corrected chi connectivity index (χ0v) is 29.7. The van der Waals surface area contributed by atoms with E-state index in [9.17, 15) is 29.1 Å². The van der Waals surface area contributed by atoms with Gasteiger partial charge in [-0.25, -0.2) is 9.97 Å². The number of hydrogen-bond donors (Lipinski definition) is 7. The van der Waals surface area contributed by atoms with Gasteiger partial charge in [0.2, 0.25) is 17.7 Å². The van der Waals surface area contributed by atoms with E-state index in [2.05, 4.69) is 30.9 Å². The molecule has 0 spiro atoms. The molecule has 4 aromatic rings. The lowest BCUT2D eigenvalue weighted by molar-refractivity contribution is -0.139. The molecule has 0 aliphatic carbocycles. The van der Waals surface area contributed by atoms with Crippen molar-refractivity contribution in [1.82, 2.24) is 25.6 Å². The second kappa shape index (κ2) is 17.0. The monoisotopic (exact) mass is 755 g/mol. The number of Topliss-reactive ketones (excluding diaryl/α,β-unsaturated/α-hetero) is 1. The first-order chi connectivity index (χ1) is 24.8. The number of aliphatic hydroxyl groups is 1. The number of rotatable bonds is 17. The van der Waals surface area contributed by atoms with Crippen LogP contribution in [-0.4, -0.2) is 97.0 Å². The SMILES string of the molecule is CCOCc1cnc(SC[C@H](CC(=O)CC[C@H](N)C(=O)O)C(=O)NCC(=O)O)nc1Oc1ccc2c(ccc3sc4c(c32)N[C@H](O)[C@@H](C)NC4=O)n1. The summed E-state index contributed by atoms with van der Waals surface area (Å²) in [7, 11) is 0. The molecule has 0 saturated heterocycles. The van der Waals surface area contributed by atoms with Crippen LogP contribution in [0.15, 0.2) is 35.6 Å². The highest BCUT2D eigenvalue weighted by molar-refractivity contribution is 7.99. The fourth-order valence-corrected chi connectivity index (χ4v) is 7.21. The fourth-order valence-electron chi connectivity index (χ4n) is 5.23. The molecular weight excluding hydrogens is 719 g/mol. The molecule has 1 aliphatic rings. The summed E-state index contributed by atoms with van der Waals surface area (Å²) in [6, 6.07) is 5.34. The summed E-state index contributed by atoms with van der Waals surface area (Å²) in [6.07, 6.45) is -0.0635. The minimum Gasteiger partial charge on any atom is -0.480 e. The Morgan fingerprint density at radius 3 is 2.65 bits per heavy atom. The third kappa shape index (κ3) is 9.28. The molecule has 8 N–H and O–H groups in total. The number of thiophene rings is 1. The minimum atomic E-state index is -1.26. The number of thioether (sulfide) groups is 1. The van der Waals surface area contributed by atoms with Crippen molar-refractivity contribution in [2.24, 2.45) is 11.7 Å². The Labute approximate surface area is 304 Å². The number of anilines is 1. The van der Waals surface area contributed by atoms with Gasteiger partial charge in [0, 0.05) is 52.9 Å². The van der Waals surface area contributed by atoms with Gasteiger partial charge in [0.15, 0.2) is 5.16 Å². The van der Waals surface area contributed by atoms with Gasteiger partial charge in [-0.2, -0.15) is 4.98 Å². The van der Waals surface area contributed by atoms with E-state index in [0.29, 0.717) is 28.3 Å². The Hall–Kier alpha value is -4.95. The van der Waals surface area contributed by atoms with Gasteiger partial charge in [0.25, 0.3) is 5.91 Å². The third-order valence-corrected chi connectivity index (χ3v) is 10.2. The summed E-state index contributed by atoms with van der Waals surface area (Å²) in [5.41, 5.74) is 7.09. The minimum absolute atomic E-state index is 0.0128. The van der Waals surface area contributed by atoms with Crippen LogP contribution in [-0.2, 0) is 30.5 Å². The zero-order chi connectivity index (χ0) is 37.5. The number of aliphatic hydroxyl groups excluding tert-OH is 1. The molecule has 0 radical (unpaired) electrons. The molecule has 2 amide bonds.